The molecule has 0 aliphatic heterocycles. The molecule has 2 aromatic rings. The molecule has 0 saturated carbocycles. The van der Waals surface area contributed by atoms with Crippen LogP contribution in [0.25, 0.3) is 0 Å². The van der Waals surface area contributed by atoms with Crippen LogP contribution in [-0.4, -0.2) is 4.98 Å². The summed E-state index contributed by atoms with van der Waals surface area (Å²) < 4.78 is 43.2. The number of pyridine rings is 1. The normalized spacial score (nSPS) is 11.0. The molecular weight excluding hydrogens is 281 g/mol. The van der Waals surface area contributed by atoms with Crippen molar-refractivity contribution in [3.05, 3.63) is 58.9 Å². The summed E-state index contributed by atoms with van der Waals surface area (Å²) in [5, 5.41) is 8.88. The Morgan fingerprint density at radius 1 is 1.29 bits per heavy atom. The van der Waals surface area contributed by atoms with Crippen LogP contribution in [0.4, 0.5) is 13.2 Å². The minimum Gasteiger partial charge on any atom is -0.486 e. The summed E-state index contributed by atoms with van der Waals surface area (Å²) in [5.74, 6) is 0.305. The fourth-order valence-corrected chi connectivity index (χ4v) is 1.78. The van der Waals surface area contributed by atoms with Gasteiger partial charge in [-0.15, -0.1) is 0 Å². The molecule has 6 heteroatoms. The third-order valence-electron chi connectivity index (χ3n) is 2.93. The van der Waals surface area contributed by atoms with E-state index in [1.165, 1.54) is 12.3 Å². The molecule has 21 heavy (non-hydrogen) atoms. The smallest absolute Gasteiger partial charge is 0.416 e. The number of benzene rings is 1. The van der Waals surface area contributed by atoms with Crippen LogP contribution >= 0.6 is 0 Å². The van der Waals surface area contributed by atoms with Crippen molar-refractivity contribution in [1.29, 1.82) is 5.26 Å². The van der Waals surface area contributed by atoms with Gasteiger partial charge in [-0.05, 0) is 42.3 Å². The lowest BCUT2D eigenvalue weighted by atomic mass is 10.1. The number of nitriles is 1. The predicted octanol–water partition coefficient (Wildman–Crippen LogP) is 3.86. The first-order valence-corrected chi connectivity index (χ1v) is 6.06. The summed E-state index contributed by atoms with van der Waals surface area (Å²) in [7, 11) is 0. The molecule has 0 amide bonds. The van der Waals surface area contributed by atoms with Gasteiger partial charge in [-0.1, -0.05) is 6.07 Å². The number of halogens is 3. The van der Waals surface area contributed by atoms with Gasteiger partial charge in [-0.25, -0.2) is 4.98 Å². The molecule has 3 nitrogen and oxygen atoms in total. The maximum Gasteiger partial charge on any atom is 0.416 e. The molecule has 1 aromatic heterocycles. The summed E-state index contributed by atoms with van der Waals surface area (Å²) >= 11 is 0. The van der Waals surface area contributed by atoms with Crippen LogP contribution in [0, 0.1) is 18.3 Å². The topological polar surface area (TPSA) is 45.9 Å². The van der Waals surface area contributed by atoms with E-state index >= 15 is 0 Å². The number of aryl methyl sites for hydroxylation is 1. The number of ether oxygens (including phenoxy) is 1. The third-order valence-corrected chi connectivity index (χ3v) is 2.93. The highest BCUT2D eigenvalue weighted by Crippen LogP contribution is 2.30. The molecule has 0 aliphatic rings. The summed E-state index contributed by atoms with van der Waals surface area (Å²) in [4.78, 5) is 3.84. The van der Waals surface area contributed by atoms with Crippen molar-refractivity contribution in [1.82, 2.24) is 4.98 Å². The van der Waals surface area contributed by atoms with Crippen molar-refractivity contribution in [2.24, 2.45) is 0 Å². The van der Waals surface area contributed by atoms with Gasteiger partial charge in [-0.3, -0.25) is 0 Å². The van der Waals surface area contributed by atoms with E-state index in [1.54, 1.807) is 19.1 Å². The summed E-state index contributed by atoms with van der Waals surface area (Å²) in [6.45, 7) is 1.66. The van der Waals surface area contributed by atoms with E-state index in [4.69, 9.17) is 10.00 Å². The summed E-state index contributed by atoms with van der Waals surface area (Å²) in [6.07, 6.45) is -2.89. The molecule has 0 radical (unpaired) electrons. The molecule has 0 spiro atoms. The third kappa shape index (κ3) is 3.51. The standard InChI is InChI=1S/C15H11F3N2O/c1-10-7-12(15(16,17)18)5-4-11(10)9-21-14-3-2-6-20-13(14)8-19/h2-7H,9H2,1H3. The van der Waals surface area contributed by atoms with Gasteiger partial charge in [0.15, 0.2) is 11.4 Å². The molecule has 1 heterocycles. The highest BCUT2D eigenvalue weighted by atomic mass is 19.4. The van der Waals surface area contributed by atoms with Gasteiger partial charge < -0.3 is 4.74 Å². The molecule has 0 bridgehead atoms. The molecule has 0 atom stereocenters. The van der Waals surface area contributed by atoms with Crippen molar-refractivity contribution < 1.29 is 17.9 Å². The van der Waals surface area contributed by atoms with Gasteiger partial charge in [0.1, 0.15) is 12.7 Å². The highest BCUT2D eigenvalue weighted by Gasteiger charge is 2.30. The highest BCUT2D eigenvalue weighted by molar-refractivity contribution is 5.37. The van der Waals surface area contributed by atoms with Crippen molar-refractivity contribution in [2.75, 3.05) is 0 Å². The zero-order valence-corrected chi connectivity index (χ0v) is 11.1. The monoisotopic (exact) mass is 292 g/mol. The van der Waals surface area contributed by atoms with Gasteiger partial charge in [0, 0.05) is 6.20 Å². The van der Waals surface area contributed by atoms with Crippen LogP contribution in [0.15, 0.2) is 36.5 Å². The van der Waals surface area contributed by atoms with Crippen LogP contribution in [0.5, 0.6) is 5.75 Å². The van der Waals surface area contributed by atoms with Crippen molar-refractivity contribution in [3.8, 4) is 11.8 Å². The van der Waals surface area contributed by atoms with Gasteiger partial charge in [0.05, 0.1) is 5.56 Å². The van der Waals surface area contributed by atoms with E-state index in [-0.39, 0.29) is 12.3 Å². The second-order valence-electron chi connectivity index (χ2n) is 4.39. The van der Waals surface area contributed by atoms with E-state index in [0.29, 0.717) is 16.9 Å². The Balaban J connectivity index is 2.16. The Morgan fingerprint density at radius 3 is 2.67 bits per heavy atom. The van der Waals surface area contributed by atoms with Crippen molar-refractivity contribution in [3.63, 3.8) is 0 Å². The van der Waals surface area contributed by atoms with Gasteiger partial charge in [0.2, 0.25) is 0 Å². The van der Waals surface area contributed by atoms with E-state index in [9.17, 15) is 13.2 Å². The van der Waals surface area contributed by atoms with Gasteiger partial charge >= 0.3 is 6.18 Å². The van der Waals surface area contributed by atoms with Crippen molar-refractivity contribution in [2.45, 2.75) is 19.7 Å². The van der Waals surface area contributed by atoms with E-state index < -0.39 is 11.7 Å². The van der Waals surface area contributed by atoms with Gasteiger partial charge in [-0.2, -0.15) is 18.4 Å². The lowest BCUT2D eigenvalue weighted by Gasteiger charge is -2.12. The molecule has 0 N–H and O–H groups in total. The molecule has 0 unspecified atom stereocenters. The Morgan fingerprint density at radius 2 is 2.05 bits per heavy atom. The minimum atomic E-state index is -4.36. The maximum atomic E-state index is 12.6. The first kappa shape index (κ1) is 14.9. The van der Waals surface area contributed by atoms with E-state index in [2.05, 4.69) is 4.98 Å². The summed E-state index contributed by atoms with van der Waals surface area (Å²) in [5.41, 5.74) is 0.549. The maximum absolute atomic E-state index is 12.6. The lowest BCUT2D eigenvalue weighted by Crippen LogP contribution is -2.07. The number of nitrogens with zero attached hydrogens (tertiary/aromatic N) is 2. The number of hydrogen-bond donors (Lipinski definition) is 0. The molecule has 0 aliphatic carbocycles. The largest absolute Gasteiger partial charge is 0.486 e. The average molecular weight is 292 g/mol. The number of hydrogen-bond acceptors (Lipinski definition) is 3. The van der Waals surface area contributed by atoms with Crippen LogP contribution in [0.2, 0.25) is 0 Å². The molecule has 0 fully saturated rings. The first-order valence-electron chi connectivity index (χ1n) is 6.06. The van der Waals surface area contributed by atoms with Crippen molar-refractivity contribution >= 4 is 0 Å². The second-order valence-corrected chi connectivity index (χ2v) is 4.39. The van der Waals surface area contributed by atoms with Crippen LogP contribution in [0.1, 0.15) is 22.4 Å². The zero-order chi connectivity index (χ0) is 15.5. The lowest BCUT2D eigenvalue weighted by molar-refractivity contribution is -0.137. The molecular formula is C15H11F3N2O. The number of aromatic nitrogens is 1. The molecule has 0 saturated heterocycles. The van der Waals surface area contributed by atoms with Crippen LogP contribution in [-0.2, 0) is 12.8 Å². The quantitative estimate of drug-likeness (QED) is 0.863. The van der Waals surface area contributed by atoms with E-state index in [0.717, 1.165) is 12.1 Å². The second kappa shape index (κ2) is 5.83. The van der Waals surface area contributed by atoms with Gasteiger partial charge in [0.25, 0.3) is 0 Å². The molecule has 108 valence electrons. The first-order chi connectivity index (χ1) is 9.91. The molecule has 2 rings (SSSR count). The summed E-state index contributed by atoms with van der Waals surface area (Å²) in [6, 6.07) is 8.57. The Hall–Kier alpha value is -2.55. The Labute approximate surface area is 119 Å². The minimum absolute atomic E-state index is 0.0738. The van der Waals surface area contributed by atoms with Crippen LogP contribution < -0.4 is 4.74 Å². The number of alkyl halides is 3. The zero-order valence-electron chi connectivity index (χ0n) is 11.1. The van der Waals surface area contributed by atoms with E-state index in [1.807, 2.05) is 6.07 Å². The SMILES string of the molecule is Cc1cc(C(F)(F)F)ccc1COc1cccnc1C#N. The fraction of sp³-hybridized carbons (Fsp3) is 0.200. The Bertz CT molecular complexity index is 690. The van der Waals surface area contributed by atoms with Crippen LogP contribution in [0.3, 0.4) is 0 Å². The Kier molecular flexibility index (Phi) is 4.13. The molecule has 1 aromatic carbocycles. The number of rotatable bonds is 3. The predicted molar refractivity (Wildman–Crippen MR) is 69.5 cm³/mol. The fourth-order valence-electron chi connectivity index (χ4n) is 1.78. The average Bonchev–Trinajstić information content (AvgIpc) is 2.45.